The fourth-order valence-corrected chi connectivity index (χ4v) is 4.19. The topological polar surface area (TPSA) is 109 Å². The summed E-state index contributed by atoms with van der Waals surface area (Å²) in [5.74, 6) is -3.00. The van der Waals surface area contributed by atoms with Gasteiger partial charge in [0.2, 0.25) is 5.95 Å². The third-order valence-electron chi connectivity index (χ3n) is 5.98. The van der Waals surface area contributed by atoms with Gasteiger partial charge in [0.05, 0.1) is 6.04 Å². The molecule has 0 aliphatic carbocycles. The van der Waals surface area contributed by atoms with Crippen molar-refractivity contribution in [3.05, 3.63) is 81.8 Å². The van der Waals surface area contributed by atoms with Crippen molar-refractivity contribution in [2.45, 2.75) is 25.4 Å². The number of anilines is 1. The Morgan fingerprint density at radius 3 is 2.54 bits per heavy atom. The summed E-state index contributed by atoms with van der Waals surface area (Å²) in [5.41, 5.74) is 0.167. The summed E-state index contributed by atoms with van der Waals surface area (Å²) in [5, 5.41) is 6.70. The molecule has 4 heterocycles. The molecular formula is C23H20F3N7O2. The fourth-order valence-electron chi connectivity index (χ4n) is 4.19. The van der Waals surface area contributed by atoms with Gasteiger partial charge < -0.3 is 10.2 Å². The molecule has 0 radical (unpaired) electrons. The van der Waals surface area contributed by atoms with Crippen LogP contribution in [0.4, 0.5) is 19.1 Å². The van der Waals surface area contributed by atoms with Crippen molar-refractivity contribution in [3.63, 3.8) is 0 Å². The number of nitrogens with one attached hydrogen (secondary N) is 2. The minimum atomic E-state index is -0.998. The number of hydrogen-bond donors (Lipinski definition) is 2. The van der Waals surface area contributed by atoms with Crippen LogP contribution in [0.25, 0.3) is 11.0 Å². The van der Waals surface area contributed by atoms with E-state index in [9.17, 15) is 22.8 Å². The van der Waals surface area contributed by atoms with Crippen LogP contribution in [0.5, 0.6) is 0 Å². The highest BCUT2D eigenvalue weighted by molar-refractivity contribution is 5.94. The van der Waals surface area contributed by atoms with E-state index in [1.165, 1.54) is 10.7 Å². The molecule has 0 saturated carbocycles. The summed E-state index contributed by atoms with van der Waals surface area (Å²) in [4.78, 5) is 37.7. The number of carbonyl (C=O) groups excluding carboxylic acids is 1. The molecule has 4 aromatic rings. The smallest absolute Gasteiger partial charge is 0.278 e. The zero-order valence-electron chi connectivity index (χ0n) is 18.3. The van der Waals surface area contributed by atoms with Gasteiger partial charge in [0.1, 0.15) is 0 Å². The lowest BCUT2D eigenvalue weighted by Crippen LogP contribution is -2.39. The molecule has 0 bridgehead atoms. The van der Waals surface area contributed by atoms with Gasteiger partial charge in [-0.25, -0.2) is 13.8 Å². The molecule has 1 aromatic carbocycles. The number of piperidine rings is 1. The zero-order chi connectivity index (χ0) is 24.5. The number of carbonyl (C=O) groups is 1. The second-order valence-electron chi connectivity index (χ2n) is 8.21. The Kier molecular flexibility index (Phi) is 5.93. The van der Waals surface area contributed by atoms with E-state index in [4.69, 9.17) is 0 Å². The SMILES string of the molecule is O=C(c1ccncc1)N1CCC(n2nc(F)c3nc(NCc4ccc(F)c(F)c4)[nH]c(=O)c32)CC1. The quantitative estimate of drug-likeness (QED) is 0.452. The second-order valence-corrected chi connectivity index (χ2v) is 8.21. The summed E-state index contributed by atoms with van der Waals surface area (Å²) < 4.78 is 42.5. The highest BCUT2D eigenvalue weighted by Crippen LogP contribution is 2.26. The molecule has 1 aliphatic rings. The van der Waals surface area contributed by atoms with E-state index < -0.39 is 23.1 Å². The molecule has 1 saturated heterocycles. The first-order valence-electron chi connectivity index (χ1n) is 11.0. The van der Waals surface area contributed by atoms with Crippen molar-refractivity contribution in [3.8, 4) is 0 Å². The van der Waals surface area contributed by atoms with Crippen LogP contribution < -0.4 is 10.9 Å². The van der Waals surface area contributed by atoms with Crippen LogP contribution in [0.1, 0.15) is 34.8 Å². The average Bonchev–Trinajstić information content (AvgIpc) is 3.22. The maximum Gasteiger partial charge on any atom is 0.278 e. The van der Waals surface area contributed by atoms with E-state index in [1.54, 1.807) is 29.4 Å². The van der Waals surface area contributed by atoms with E-state index in [2.05, 4.69) is 25.4 Å². The van der Waals surface area contributed by atoms with Crippen LogP contribution in [-0.2, 0) is 6.54 Å². The van der Waals surface area contributed by atoms with Crippen LogP contribution in [0.3, 0.4) is 0 Å². The monoisotopic (exact) mass is 483 g/mol. The van der Waals surface area contributed by atoms with Crippen LogP contribution in [0.15, 0.2) is 47.5 Å². The van der Waals surface area contributed by atoms with Crippen molar-refractivity contribution in [2.24, 2.45) is 0 Å². The molecule has 0 unspecified atom stereocenters. The molecule has 5 rings (SSSR count). The molecule has 9 nitrogen and oxygen atoms in total. The van der Waals surface area contributed by atoms with Crippen molar-refractivity contribution < 1.29 is 18.0 Å². The predicted molar refractivity (Wildman–Crippen MR) is 120 cm³/mol. The first-order valence-corrected chi connectivity index (χ1v) is 11.0. The molecule has 2 N–H and O–H groups in total. The van der Waals surface area contributed by atoms with Crippen LogP contribution in [0, 0.1) is 17.6 Å². The lowest BCUT2D eigenvalue weighted by molar-refractivity contribution is 0.0690. The number of hydrogen-bond acceptors (Lipinski definition) is 6. The van der Waals surface area contributed by atoms with Gasteiger partial charge in [-0.05, 0) is 42.7 Å². The number of pyridine rings is 1. The highest BCUT2D eigenvalue weighted by Gasteiger charge is 2.28. The number of aromatic amines is 1. The molecule has 3 aromatic heterocycles. The Hall–Kier alpha value is -4.22. The Morgan fingerprint density at radius 2 is 1.83 bits per heavy atom. The number of rotatable bonds is 5. The molecule has 1 amide bonds. The highest BCUT2D eigenvalue weighted by atomic mass is 19.2. The molecule has 12 heteroatoms. The van der Waals surface area contributed by atoms with Crippen molar-refractivity contribution in [1.82, 2.24) is 29.6 Å². The summed E-state index contributed by atoms with van der Waals surface area (Å²) in [6.45, 7) is 0.882. The van der Waals surface area contributed by atoms with E-state index in [-0.39, 0.29) is 35.5 Å². The van der Waals surface area contributed by atoms with Crippen LogP contribution in [-0.4, -0.2) is 48.6 Å². The van der Waals surface area contributed by atoms with E-state index in [0.29, 0.717) is 37.1 Å². The number of aromatic nitrogens is 5. The number of likely N-dealkylation sites (tertiary alicyclic amines) is 1. The van der Waals surface area contributed by atoms with Gasteiger partial charge >= 0.3 is 0 Å². The number of benzene rings is 1. The van der Waals surface area contributed by atoms with Crippen molar-refractivity contribution in [1.29, 1.82) is 0 Å². The lowest BCUT2D eigenvalue weighted by atomic mass is 10.0. The van der Waals surface area contributed by atoms with Crippen molar-refractivity contribution >= 4 is 22.9 Å². The summed E-state index contributed by atoms with van der Waals surface area (Å²) in [6, 6.07) is 6.40. The van der Waals surface area contributed by atoms with Gasteiger partial charge in [0.15, 0.2) is 22.7 Å². The molecule has 35 heavy (non-hydrogen) atoms. The minimum absolute atomic E-state index is 0.000197. The van der Waals surface area contributed by atoms with Crippen LogP contribution >= 0.6 is 0 Å². The van der Waals surface area contributed by atoms with E-state index >= 15 is 0 Å². The third-order valence-corrected chi connectivity index (χ3v) is 5.98. The Bertz CT molecular complexity index is 1450. The average molecular weight is 483 g/mol. The third kappa shape index (κ3) is 4.46. The second kappa shape index (κ2) is 9.20. The summed E-state index contributed by atoms with van der Waals surface area (Å²) >= 11 is 0. The first kappa shape index (κ1) is 22.6. The number of H-pyrrole nitrogens is 1. The number of halogens is 3. The number of fused-ring (bicyclic) bond motifs is 1. The van der Waals surface area contributed by atoms with Gasteiger partial charge in [-0.15, -0.1) is 5.10 Å². The zero-order valence-corrected chi connectivity index (χ0v) is 18.3. The van der Waals surface area contributed by atoms with E-state index in [1.807, 2.05) is 0 Å². The van der Waals surface area contributed by atoms with Gasteiger partial charge in [0.25, 0.3) is 17.4 Å². The summed E-state index contributed by atoms with van der Waals surface area (Å²) in [7, 11) is 0. The Balaban J connectivity index is 1.32. The van der Waals surface area contributed by atoms with Crippen molar-refractivity contribution in [2.75, 3.05) is 18.4 Å². The maximum atomic E-state index is 14.7. The first-order chi connectivity index (χ1) is 16.9. The van der Waals surface area contributed by atoms with Crippen LogP contribution in [0.2, 0.25) is 0 Å². The standard InChI is InChI=1S/C23H20F3N7O2/c24-16-2-1-13(11-17(16)25)12-28-23-29-18-19(21(34)30-23)33(31-20(18)26)15-5-9-32(10-6-15)22(35)14-3-7-27-8-4-14/h1-4,7-8,11,15H,5-6,9-10,12H2,(H2,28,29,30,34). The van der Waals surface area contributed by atoms with Gasteiger partial charge in [-0.1, -0.05) is 6.07 Å². The fraction of sp³-hybridized carbons (Fsp3) is 0.261. The molecule has 0 spiro atoms. The van der Waals surface area contributed by atoms with Gasteiger partial charge in [-0.2, -0.15) is 4.39 Å². The minimum Gasteiger partial charge on any atom is -0.352 e. The number of amides is 1. The normalized spacial score (nSPS) is 14.4. The largest absolute Gasteiger partial charge is 0.352 e. The molecule has 0 atom stereocenters. The summed E-state index contributed by atoms with van der Waals surface area (Å²) in [6.07, 6.45) is 4.09. The Morgan fingerprint density at radius 1 is 1.09 bits per heavy atom. The predicted octanol–water partition coefficient (Wildman–Crippen LogP) is 3.02. The molecular weight excluding hydrogens is 463 g/mol. The maximum absolute atomic E-state index is 14.7. The van der Waals surface area contributed by atoms with Gasteiger partial charge in [0, 0.05) is 37.6 Å². The number of nitrogens with zero attached hydrogens (tertiary/aromatic N) is 5. The Labute approximate surface area is 196 Å². The van der Waals surface area contributed by atoms with E-state index in [0.717, 1.165) is 12.1 Å². The van der Waals surface area contributed by atoms with Gasteiger partial charge in [-0.3, -0.25) is 24.2 Å². The molecule has 180 valence electrons. The molecule has 1 aliphatic heterocycles. The molecule has 1 fully saturated rings. The lowest BCUT2D eigenvalue weighted by Gasteiger charge is -2.32.